The van der Waals surface area contributed by atoms with Gasteiger partial charge in [0.15, 0.2) is 0 Å². The summed E-state index contributed by atoms with van der Waals surface area (Å²) in [4.78, 5) is 14.8. The smallest absolute Gasteiger partial charge is 0.223 e. The van der Waals surface area contributed by atoms with Crippen molar-refractivity contribution in [2.75, 3.05) is 12.4 Å². The number of carbonyl (C=O) groups excluding carboxylic acids is 1. The van der Waals surface area contributed by atoms with Gasteiger partial charge < -0.3 is 4.90 Å². The van der Waals surface area contributed by atoms with Crippen LogP contribution in [0.25, 0.3) is 0 Å². The van der Waals surface area contributed by atoms with Gasteiger partial charge in [-0.05, 0) is 62.7 Å². The van der Waals surface area contributed by atoms with Crippen LogP contribution >= 0.6 is 11.6 Å². The molecule has 3 heteroatoms. The first-order valence-corrected chi connectivity index (χ1v) is 8.67. The number of carbonyl (C=O) groups is 1. The van der Waals surface area contributed by atoms with E-state index in [4.69, 9.17) is 11.6 Å². The van der Waals surface area contributed by atoms with E-state index >= 15 is 0 Å². The molecule has 1 aliphatic heterocycles. The highest BCUT2D eigenvalue weighted by Crippen LogP contribution is 2.49. The first-order chi connectivity index (χ1) is 9.28. The molecule has 4 unspecified atom stereocenters. The fourth-order valence-corrected chi connectivity index (χ4v) is 4.97. The lowest BCUT2D eigenvalue weighted by atomic mass is 9.85. The second kappa shape index (κ2) is 6.03. The largest absolute Gasteiger partial charge is 0.340 e. The van der Waals surface area contributed by atoms with Crippen molar-refractivity contribution in [1.82, 2.24) is 4.90 Å². The van der Waals surface area contributed by atoms with Gasteiger partial charge in [-0.15, -0.1) is 11.6 Å². The molecule has 1 saturated heterocycles. The van der Waals surface area contributed by atoms with Crippen molar-refractivity contribution in [2.45, 2.75) is 63.8 Å². The van der Waals surface area contributed by atoms with Gasteiger partial charge in [-0.2, -0.15) is 0 Å². The van der Waals surface area contributed by atoms with Crippen molar-refractivity contribution in [3.8, 4) is 0 Å². The Hall–Kier alpha value is -0.240. The zero-order valence-electron chi connectivity index (χ0n) is 11.8. The van der Waals surface area contributed by atoms with E-state index in [0.717, 1.165) is 37.6 Å². The van der Waals surface area contributed by atoms with E-state index in [0.29, 0.717) is 23.7 Å². The maximum atomic E-state index is 12.6. The summed E-state index contributed by atoms with van der Waals surface area (Å²) in [6.45, 7) is 0.973. The van der Waals surface area contributed by atoms with Crippen LogP contribution in [0.2, 0.25) is 0 Å². The summed E-state index contributed by atoms with van der Waals surface area (Å²) in [7, 11) is 0. The molecular formula is C16H26ClNO. The van der Waals surface area contributed by atoms with Gasteiger partial charge in [0.05, 0.1) is 0 Å². The second-order valence-corrected chi connectivity index (χ2v) is 7.23. The molecule has 2 aliphatic carbocycles. The van der Waals surface area contributed by atoms with E-state index in [1.807, 2.05) is 0 Å². The van der Waals surface area contributed by atoms with Crippen molar-refractivity contribution in [2.24, 2.45) is 17.8 Å². The van der Waals surface area contributed by atoms with Crippen LogP contribution in [0.3, 0.4) is 0 Å². The van der Waals surface area contributed by atoms with E-state index in [1.54, 1.807) is 0 Å². The molecule has 1 amide bonds. The molecule has 0 N–H and O–H groups in total. The van der Waals surface area contributed by atoms with Gasteiger partial charge in [0, 0.05) is 24.9 Å². The number of likely N-dealkylation sites (tertiary alicyclic amines) is 1. The molecule has 2 nitrogen and oxygen atoms in total. The van der Waals surface area contributed by atoms with E-state index in [-0.39, 0.29) is 0 Å². The first-order valence-electron chi connectivity index (χ1n) is 8.13. The molecular weight excluding hydrogens is 258 g/mol. The van der Waals surface area contributed by atoms with E-state index < -0.39 is 0 Å². The van der Waals surface area contributed by atoms with Gasteiger partial charge in [0.25, 0.3) is 0 Å². The molecule has 0 spiro atoms. The van der Waals surface area contributed by atoms with Crippen molar-refractivity contribution in [3.63, 3.8) is 0 Å². The summed E-state index contributed by atoms with van der Waals surface area (Å²) in [6.07, 6.45) is 10.9. The molecule has 19 heavy (non-hydrogen) atoms. The van der Waals surface area contributed by atoms with Gasteiger partial charge in [0.1, 0.15) is 0 Å². The van der Waals surface area contributed by atoms with Crippen LogP contribution in [0.5, 0.6) is 0 Å². The van der Waals surface area contributed by atoms with Gasteiger partial charge in [-0.1, -0.05) is 6.42 Å². The highest BCUT2D eigenvalue weighted by atomic mass is 35.5. The van der Waals surface area contributed by atoms with E-state index in [1.165, 1.54) is 38.5 Å². The molecule has 3 fully saturated rings. The summed E-state index contributed by atoms with van der Waals surface area (Å²) < 4.78 is 0. The standard InChI is InChI=1S/C16H26ClNO/c17-7-6-15-3-1-2-8-18(15)16(19)11-14-10-12-4-5-13(14)9-12/h12-15H,1-11H2. The van der Waals surface area contributed by atoms with E-state index in [2.05, 4.69) is 4.90 Å². The predicted octanol–water partition coefficient (Wildman–Crippen LogP) is 3.82. The number of rotatable bonds is 4. The average Bonchev–Trinajstić information content (AvgIpc) is 3.02. The molecule has 108 valence electrons. The Balaban J connectivity index is 1.56. The summed E-state index contributed by atoms with van der Waals surface area (Å²) in [5, 5.41) is 0. The molecule has 2 saturated carbocycles. The third-order valence-corrected chi connectivity index (χ3v) is 5.93. The minimum atomic E-state index is 0.423. The lowest BCUT2D eigenvalue weighted by Gasteiger charge is -2.37. The fraction of sp³-hybridized carbons (Fsp3) is 0.938. The summed E-state index contributed by atoms with van der Waals surface area (Å²) in [5.74, 6) is 3.62. The Kier molecular flexibility index (Phi) is 4.36. The number of fused-ring (bicyclic) bond motifs is 2. The van der Waals surface area contributed by atoms with Crippen LogP contribution in [0.1, 0.15) is 57.8 Å². The zero-order valence-corrected chi connectivity index (χ0v) is 12.6. The maximum absolute atomic E-state index is 12.6. The molecule has 3 aliphatic rings. The Morgan fingerprint density at radius 3 is 2.74 bits per heavy atom. The third-order valence-electron chi connectivity index (χ3n) is 5.71. The van der Waals surface area contributed by atoms with Crippen LogP contribution in [-0.4, -0.2) is 29.3 Å². The molecule has 3 rings (SSSR count). The number of halogens is 1. The van der Waals surface area contributed by atoms with Crippen LogP contribution < -0.4 is 0 Å². The molecule has 4 atom stereocenters. The Bertz CT molecular complexity index is 331. The van der Waals surface area contributed by atoms with E-state index in [9.17, 15) is 4.79 Å². The highest BCUT2D eigenvalue weighted by Gasteiger charge is 2.41. The number of amides is 1. The van der Waals surface area contributed by atoms with Crippen LogP contribution in [0, 0.1) is 17.8 Å². The van der Waals surface area contributed by atoms with Crippen LogP contribution in [0.4, 0.5) is 0 Å². The van der Waals surface area contributed by atoms with Gasteiger partial charge in [-0.25, -0.2) is 0 Å². The van der Waals surface area contributed by atoms with Crippen molar-refractivity contribution < 1.29 is 4.79 Å². The molecule has 0 aromatic heterocycles. The lowest BCUT2D eigenvalue weighted by molar-refractivity contribution is -0.136. The van der Waals surface area contributed by atoms with Crippen LogP contribution in [0.15, 0.2) is 0 Å². The lowest BCUT2D eigenvalue weighted by Crippen LogP contribution is -2.44. The summed E-state index contributed by atoms with van der Waals surface area (Å²) in [6, 6.07) is 0.428. The molecule has 1 heterocycles. The highest BCUT2D eigenvalue weighted by molar-refractivity contribution is 6.17. The monoisotopic (exact) mass is 283 g/mol. The minimum absolute atomic E-state index is 0.423. The summed E-state index contributed by atoms with van der Waals surface area (Å²) >= 11 is 5.89. The SMILES string of the molecule is O=C(CC1CC2CCC1C2)N1CCCCC1CCCl. The predicted molar refractivity (Wildman–Crippen MR) is 78.2 cm³/mol. The number of hydrogen-bond acceptors (Lipinski definition) is 1. The topological polar surface area (TPSA) is 20.3 Å². The third kappa shape index (κ3) is 2.94. The average molecular weight is 284 g/mol. The van der Waals surface area contributed by atoms with Crippen molar-refractivity contribution >= 4 is 17.5 Å². The quantitative estimate of drug-likeness (QED) is 0.718. The molecule has 2 bridgehead atoms. The number of alkyl halides is 1. The zero-order chi connectivity index (χ0) is 13.2. The number of hydrogen-bond donors (Lipinski definition) is 0. The Morgan fingerprint density at radius 1 is 1.16 bits per heavy atom. The van der Waals surface area contributed by atoms with Crippen molar-refractivity contribution in [3.05, 3.63) is 0 Å². The van der Waals surface area contributed by atoms with Crippen LogP contribution in [-0.2, 0) is 4.79 Å². The number of piperidine rings is 1. The fourth-order valence-electron chi connectivity index (χ4n) is 4.72. The molecule has 0 aromatic rings. The van der Waals surface area contributed by atoms with Gasteiger partial charge in [0.2, 0.25) is 5.91 Å². The van der Waals surface area contributed by atoms with Crippen molar-refractivity contribution in [1.29, 1.82) is 0 Å². The Labute approximate surface area is 121 Å². The molecule has 0 aromatic carbocycles. The second-order valence-electron chi connectivity index (χ2n) is 6.85. The maximum Gasteiger partial charge on any atom is 0.223 e. The first kappa shape index (κ1) is 13.7. The van der Waals surface area contributed by atoms with Gasteiger partial charge in [-0.3, -0.25) is 4.79 Å². The minimum Gasteiger partial charge on any atom is -0.340 e. The normalized spacial score (nSPS) is 37.8. The summed E-state index contributed by atoms with van der Waals surface area (Å²) in [5.41, 5.74) is 0. The number of nitrogens with zero attached hydrogens (tertiary/aromatic N) is 1. The molecule has 0 radical (unpaired) electrons. The Morgan fingerprint density at radius 2 is 2.05 bits per heavy atom. The van der Waals surface area contributed by atoms with Gasteiger partial charge >= 0.3 is 0 Å².